The fourth-order valence-corrected chi connectivity index (χ4v) is 2.79. The molecule has 17 heavy (non-hydrogen) atoms. The summed E-state index contributed by atoms with van der Waals surface area (Å²) in [4.78, 5) is 10.4. The number of hydrogen-bond acceptors (Lipinski definition) is 4. The lowest BCUT2D eigenvalue weighted by molar-refractivity contribution is 0.0745. The first-order valence-electron chi connectivity index (χ1n) is 5.76. The summed E-state index contributed by atoms with van der Waals surface area (Å²) in [6.45, 7) is 4.48. The Balaban J connectivity index is 1.82. The first-order chi connectivity index (χ1) is 8.33. The number of nitrogens with zero attached hydrogens (tertiary/aromatic N) is 1. The van der Waals surface area contributed by atoms with E-state index in [1.165, 1.54) is 9.75 Å². The van der Waals surface area contributed by atoms with E-state index >= 15 is 0 Å². The number of imidazole rings is 1. The molecule has 1 aliphatic rings. The number of aromatic amines is 1. The van der Waals surface area contributed by atoms with Crippen molar-refractivity contribution in [2.24, 2.45) is 0 Å². The van der Waals surface area contributed by atoms with Gasteiger partial charge >= 0.3 is 0 Å². The van der Waals surface area contributed by atoms with E-state index < -0.39 is 0 Å². The van der Waals surface area contributed by atoms with Crippen molar-refractivity contribution in [2.45, 2.75) is 13.0 Å². The number of hydrogen-bond donors (Lipinski definition) is 2. The molecule has 0 aliphatic carbocycles. The van der Waals surface area contributed by atoms with Gasteiger partial charge in [-0.2, -0.15) is 0 Å². The van der Waals surface area contributed by atoms with Crippen molar-refractivity contribution in [3.05, 3.63) is 29.0 Å². The quantitative estimate of drug-likeness (QED) is 0.857. The van der Waals surface area contributed by atoms with Crippen LogP contribution in [0.2, 0.25) is 0 Å². The Kier molecular flexibility index (Phi) is 2.96. The number of H-pyrrole nitrogens is 1. The van der Waals surface area contributed by atoms with Gasteiger partial charge in [-0.25, -0.2) is 4.98 Å². The lowest BCUT2D eigenvalue weighted by Crippen LogP contribution is -2.35. The molecule has 1 fully saturated rings. The maximum absolute atomic E-state index is 5.44. The topological polar surface area (TPSA) is 49.9 Å². The van der Waals surface area contributed by atoms with Crippen LogP contribution in [0, 0.1) is 6.92 Å². The minimum atomic E-state index is 0.193. The van der Waals surface area contributed by atoms with Crippen LogP contribution in [0.15, 0.2) is 18.3 Å². The third-order valence-electron chi connectivity index (χ3n) is 2.85. The molecule has 4 nitrogen and oxygen atoms in total. The molecule has 1 aliphatic heterocycles. The highest BCUT2D eigenvalue weighted by molar-refractivity contribution is 7.15. The number of ether oxygens (including phenoxy) is 1. The molecule has 0 saturated carbocycles. The summed E-state index contributed by atoms with van der Waals surface area (Å²) in [5, 5.41) is 3.39. The van der Waals surface area contributed by atoms with Crippen molar-refractivity contribution in [2.75, 3.05) is 19.8 Å². The van der Waals surface area contributed by atoms with Crippen LogP contribution in [0.1, 0.15) is 16.7 Å². The minimum Gasteiger partial charge on any atom is -0.378 e. The molecular weight excluding hydrogens is 234 g/mol. The van der Waals surface area contributed by atoms with Crippen LogP contribution in [0.4, 0.5) is 0 Å². The fraction of sp³-hybridized carbons (Fsp3) is 0.417. The highest BCUT2D eigenvalue weighted by Gasteiger charge is 2.18. The third-order valence-corrected chi connectivity index (χ3v) is 3.89. The fourth-order valence-electron chi connectivity index (χ4n) is 1.96. The highest BCUT2D eigenvalue weighted by Crippen LogP contribution is 2.27. The number of morpholine rings is 1. The van der Waals surface area contributed by atoms with Gasteiger partial charge < -0.3 is 15.0 Å². The van der Waals surface area contributed by atoms with Crippen molar-refractivity contribution in [1.29, 1.82) is 0 Å². The Morgan fingerprint density at radius 3 is 3.12 bits per heavy atom. The molecule has 2 aromatic rings. The van der Waals surface area contributed by atoms with E-state index in [-0.39, 0.29) is 6.04 Å². The van der Waals surface area contributed by atoms with E-state index in [2.05, 4.69) is 34.3 Å². The summed E-state index contributed by atoms with van der Waals surface area (Å²) in [6, 6.07) is 4.45. The van der Waals surface area contributed by atoms with Gasteiger partial charge in [-0.15, -0.1) is 11.3 Å². The number of nitrogens with one attached hydrogen (secondary N) is 2. The van der Waals surface area contributed by atoms with Crippen LogP contribution in [0.3, 0.4) is 0 Å². The van der Waals surface area contributed by atoms with Gasteiger partial charge in [0, 0.05) is 11.4 Å². The number of aryl methyl sites for hydroxylation is 1. The summed E-state index contributed by atoms with van der Waals surface area (Å²) in [5.74, 6) is 0.964. The molecule has 0 amide bonds. The average molecular weight is 249 g/mol. The Morgan fingerprint density at radius 1 is 1.47 bits per heavy atom. The molecule has 3 heterocycles. The van der Waals surface area contributed by atoms with E-state index in [4.69, 9.17) is 4.74 Å². The molecule has 1 atom stereocenters. The van der Waals surface area contributed by atoms with Crippen molar-refractivity contribution >= 4 is 11.3 Å². The first kappa shape index (κ1) is 11.0. The number of thiophene rings is 1. The molecule has 90 valence electrons. The zero-order valence-electron chi connectivity index (χ0n) is 9.69. The van der Waals surface area contributed by atoms with Crippen LogP contribution >= 0.6 is 11.3 Å². The average Bonchev–Trinajstić information content (AvgIpc) is 2.98. The summed E-state index contributed by atoms with van der Waals surface area (Å²) in [6.07, 6.45) is 1.90. The smallest absolute Gasteiger partial charge is 0.126 e. The van der Waals surface area contributed by atoms with E-state index in [1.54, 1.807) is 11.3 Å². The van der Waals surface area contributed by atoms with Gasteiger partial charge in [0.25, 0.3) is 0 Å². The van der Waals surface area contributed by atoms with Crippen molar-refractivity contribution < 1.29 is 4.74 Å². The molecule has 1 unspecified atom stereocenters. The summed E-state index contributed by atoms with van der Waals surface area (Å²) in [5.41, 5.74) is 1.09. The lowest BCUT2D eigenvalue weighted by atomic mass is 10.2. The molecule has 3 rings (SSSR count). The Bertz CT molecular complexity index is 499. The largest absolute Gasteiger partial charge is 0.378 e. The van der Waals surface area contributed by atoms with Crippen LogP contribution in [0.25, 0.3) is 10.6 Å². The Hall–Kier alpha value is -1.17. The van der Waals surface area contributed by atoms with Gasteiger partial charge in [0.1, 0.15) is 5.82 Å². The monoisotopic (exact) mass is 249 g/mol. The lowest BCUT2D eigenvalue weighted by Gasteiger charge is -2.21. The third kappa shape index (κ3) is 2.26. The van der Waals surface area contributed by atoms with E-state index in [9.17, 15) is 0 Å². The molecular formula is C12H15N3OS. The van der Waals surface area contributed by atoms with E-state index in [0.717, 1.165) is 24.7 Å². The van der Waals surface area contributed by atoms with Gasteiger partial charge in [0.05, 0.1) is 36.0 Å². The van der Waals surface area contributed by atoms with Gasteiger partial charge in [-0.05, 0) is 19.1 Å². The number of rotatable bonds is 2. The molecule has 2 N–H and O–H groups in total. The van der Waals surface area contributed by atoms with Crippen LogP contribution in [-0.2, 0) is 4.74 Å². The molecule has 0 radical (unpaired) electrons. The molecule has 0 spiro atoms. The van der Waals surface area contributed by atoms with Crippen molar-refractivity contribution in [1.82, 2.24) is 15.3 Å². The summed E-state index contributed by atoms with van der Waals surface area (Å²) >= 11 is 1.78. The first-order valence-corrected chi connectivity index (χ1v) is 6.57. The van der Waals surface area contributed by atoms with Crippen LogP contribution in [-0.4, -0.2) is 29.7 Å². The van der Waals surface area contributed by atoms with E-state index in [1.807, 2.05) is 6.20 Å². The predicted octanol–water partition coefficient (Wildman–Crippen LogP) is 2.11. The second-order valence-corrected chi connectivity index (χ2v) is 5.46. The predicted molar refractivity (Wildman–Crippen MR) is 68.2 cm³/mol. The Morgan fingerprint density at radius 2 is 2.41 bits per heavy atom. The zero-order chi connectivity index (χ0) is 11.7. The molecule has 0 bridgehead atoms. The van der Waals surface area contributed by atoms with Gasteiger partial charge in [0.15, 0.2) is 0 Å². The molecule has 5 heteroatoms. The van der Waals surface area contributed by atoms with Crippen LogP contribution in [0.5, 0.6) is 0 Å². The zero-order valence-corrected chi connectivity index (χ0v) is 10.5. The van der Waals surface area contributed by atoms with Crippen molar-refractivity contribution in [3.63, 3.8) is 0 Å². The van der Waals surface area contributed by atoms with Crippen molar-refractivity contribution in [3.8, 4) is 10.6 Å². The molecule has 2 aromatic heterocycles. The highest BCUT2D eigenvalue weighted by atomic mass is 32.1. The Labute approximate surface area is 104 Å². The maximum Gasteiger partial charge on any atom is 0.126 e. The second kappa shape index (κ2) is 4.60. The maximum atomic E-state index is 5.44. The number of aromatic nitrogens is 2. The molecule has 0 aromatic carbocycles. The van der Waals surface area contributed by atoms with Gasteiger partial charge in [-0.1, -0.05) is 0 Å². The summed E-state index contributed by atoms with van der Waals surface area (Å²) < 4.78 is 5.44. The normalized spacial score (nSPS) is 20.6. The van der Waals surface area contributed by atoms with Gasteiger partial charge in [-0.3, -0.25) is 0 Å². The van der Waals surface area contributed by atoms with Gasteiger partial charge in [0.2, 0.25) is 0 Å². The molecule has 1 saturated heterocycles. The standard InChI is InChI=1S/C12H15N3OS/c1-8-2-3-11(17-8)9-6-14-12(15-9)10-7-16-5-4-13-10/h2-3,6,10,13H,4-5,7H2,1H3,(H,14,15). The SMILES string of the molecule is Cc1ccc(-c2cnc(C3COCCN3)[nH]2)s1. The van der Waals surface area contributed by atoms with Crippen LogP contribution < -0.4 is 5.32 Å². The minimum absolute atomic E-state index is 0.193. The van der Waals surface area contributed by atoms with E-state index in [0.29, 0.717) is 6.61 Å². The summed E-state index contributed by atoms with van der Waals surface area (Å²) in [7, 11) is 0. The second-order valence-electron chi connectivity index (χ2n) is 4.17.